The minimum atomic E-state index is -0.885. The molecule has 2 aromatic carbocycles. The van der Waals surface area contributed by atoms with E-state index in [-0.39, 0.29) is 24.3 Å². The molecular weight excluding hydrogens is 668 g/mol. The van der Waals surface area contributed by atoms with Gasteiger partial charge in [-0.1, -0.05) is 46.0 Å². The minimum absolute atomic E-state index is 0.139. The zero-order valence-corrected chi connectivity index (χ0v) is 27.9. The van der Waals surface area contributed by atoms with Crippen molar-refractivity contribution in [1.29, 1.82) is 0 Å². The fourth-order valence-corrected chi connectivity index (χ4v) is 6.08. The first-order valence-electron chi connectivity index (χ1n) is 13.9. The molecule has 45 heavy (non-hydrogen) atoms. The van der Waals surface area contributed by atoms with Crippen molar-refractivity contribution in [3.63, 3.8) is 0 Å². The molecule has 0 N–H and O–H groups in total. The summed E-state index contributed by atoms with van der Waals surface area (Å²) < 4.78 is 35.2. The normalized spacial score (nSPS) is 14.3. The smallest absolute Gasteiger partial charge is 0.343 e. The van der Waals surface area contributed by atoms with Gasteiger partial charge in [-0.05, 0) is 62.2 Å². The highest BCUT2D eigenvalue weighted by Crippen LogP contribution is 2.37. The fraction of sp³-hybridized carbons (Fsp3) is 0.312. The Bertz CT molecular complexity index is 1830. The summed E-state index contributed by atoms with van der Waals surface area (Å²) in [4.78, 5) is 44.2. The average molecular weight is 702 g/mol. The molecule has 0 spiro atoms. The molecule has 0 radical (unpaired) electrons. The molecule has 0 saturated carbocycles. The van der Waals surface area contributed by atoms with Crippen molar-refractivity contribution in [2.24, 2.45) is 4.99 Å². The van der Waals surface area contributed by atoms with E-state index in [0.29, 0.717) is 66.8 Å². The summed E-state index contributed by atoms with van der Waals surface area (Å²) in [6, 6.07) is 7.64. The Labute approximate surface area is 272 Å². The van der Waals surface area contributed by atoms with Gasteiger partial charge in [-0.2, -0.15) is 0 Å². The lowest BCUT2D eigenvalue weighted by molar-refractivity contribution is -0.143. The first-order chi connectivity index (χ1) is 21.7. The zero-order chi connectivity index (χ0) is 32.7. The lowest BCUT2D eigenvalue weighted by atomic mass is 9.95. The van der Waals surface area contributed by atoms with E-state index in [2.05, 4.69) is 32.2 Å². The Balaban J connectivity index is 1.90. The van der Waals surface area contributed by atoms with E-state index in [9.17, 15) is 14.4 Å². The Morgan fingerprint density at radius 3 is 2.47 bits per heavy atom. The molecule has 0 fully saturated rings. The molecule has 11 nitrogen and oxygen atoms in total. The molecular formula is C32H33BrN2O9S. The number of aromatic nitrogens is 1. The number of hydrogen-bond donors (Lipinski definition) is 0. The predicted octanol–water partition coefficient (Wildman–Crippen LogP) is 4.08. The van der Waals surface area contributed by atoms with Crippen LogP contribution in [0.4, 0.5) is 0 Å². The number of fused-ring (bicyclic) bond motifs is 1. The van der Waals surface area contributed by atoms with E-state index in [1.165, 1.54) is 30.1 Å². The highest BCUT2D eigenvalue weighted by Gasteiger charge is 2.34. The Kier molecular flexibility index (Phi) is 11.2. The number of benzene rings is 2. The summed E-state index contributed by atoms with van der Waals surface area (Å²) in [5, 5.41) is 0. The summed E-state index contributed by atoms with van der Waals surface area (Å²) >= 11 is 4.76. The van der Waals surface area contributed by atoms with E-state index in [0.717, 1.165) is 0 Å². The van der Waals surface area contributed by atoms with Crippen molar-refractivity contribution >= 4 is 45.3 Å². The van der Waals surface area contributed by atoms with Crippen LogP contribution in [0.1, 0.15) is 37.9 Å². The summed E-state index contributed by atoms with van der Waals surface area (Å²) in [5.74, 6) is 0.478. The monoisotopic (exact) mass is 700 g/mol. The number of carbonyl (C=O) groups excluding carboxylic acids is 2. The van der Waals surface area contributed by atoms with E-state index in [4.69, 9.17) is 23.7 Å². The van der Waals surface area contributed by atoms with Crippen LogP contribution in [-0.4, -0.2) is 57.2 Å². The number of allylic oxidation sites excluding steroid dienone is 1. The molecule has 0 aliphatic carbocycles. The molecule has 1 aliphatic heterocycles. The van der Waals surface area contributed by atoms with Gasteiger partial charge in [-0.3, -0.25) is 9.36 Å². The number of ether oxygens (including phenoxy) is 6. The molecule has 1 aromatic heterocycles. The fourth-order valence-electron chi connectivity index (χ4n) is 4.61. The number of thiazole rings is 1. The SMILES string of the molecule is C=CCOc1cc(Br)c(/C=c2\sc3n(c2=O)[C@@H](c2ccc(OCC(=O)OC)c(OCC)c2)C(C(=O)OCC)=C(C)N=3)cc1OC. The molecule has 0 bridgehead atoms. The largest absolute Gasteiger partial charge is 0.493 e. The van der Waals surface area contributed by atoms with Crippen molar-refractivity contribution in [1.82, 2.24) is 4.57 Å². The zero-order valence-electron chi connectivity index (χ0n) is 25.5. The topological polar surface area (TPSA) is 124 Å². The van der Waals surface area contributed by atoms with Crippen molar-refractivity contribution in [3.8, 4) is 23.0 Å². The van der Waals surface area contributed by atoms with Gasteiger partial charge < -0.3 is 28.4 Å². The first kappa shape index (κ1) is 33.5. The van der Waals surface area contributed by atoms with Crippen LogP contribution in [-0.2, 0) is 19.1 Å². The summed E-state index contributed by atoms with van der Waals surface area (Å²) in [5.41, 5.74) is 1.50. The van der Waals surface area contributed by atoms with Crippen LogP contribution in [0, 0.1) is 0 Å². The second-order valence-electron chi connectivity index (χ2n) is 9.43. The Hall–Kier alpha value is -4.36. The first-order valence-corrected chi connectivity index (χ1v) is 15.5. The molecule has 1 atom stereocenters. The maximum atomic E-state index is 14.1. The van der Waals surface area contributed by atoms with Crippen LogP contribution in [0.2, 0.25) is 0 Å². The van der Waals surface area contributed by atoms with Gasteiger partial charge in [0.05, 0.1) is 49.3 Å². The van der Waals surface area contributed by atoms with Gasteiger partial charge >= 0.3 is 11.9 Å². The number of esters is 2. The molecule has 2 heterocycles. The van der Waals surface area contributed by atoms with Crippen LogP contribution in [0.3, 0.4) is 0 Å². The third-order valence-corrected chi connectivity index (χ3v) is 8.27. The minimum Gasteiger partial charge on any atom is -0.493 e. The number of halogens is 1. The molecule has 1 aliphatic rings. The van der Waals surface area contributed by atoms with Crippen LogP contribution in [0.25, 0.3) is 6.08 Å². The summed E-state index contributed by atoms with van der Waals surface area (Å²) in [7, 11) is 2.80. The van der Waals surface area contributed by atoms with Gasteiger partial charge in [0.1, 0.15) is 6.61 Å². The number of hydrogen-bond acceptors (Lipinski definition) is 11. The summed E-state index contributed by atoms with van der Waals surface area (Å²) in [6.45, 7) is 9.31. The third kappa shape index (κ3) is 7.31. The Morgan fingerprint density at radius 2 is 1.80 bits per heavy atom. The molecule has 3 aromatic rings. The lowest BCUT2D eigenvalue weighted by Crippen LogP contribution is -2.40. The van der Waals surface area contributed by atoms with E-state index >= 15 is 0 Å². The van der Waals surface area contributed by atoms with Gasteiger partial charge in [0.2, 0.25) is 0 Å². The summed E-state index contributed by atoms with van der Waals surface area (Å²) in [6.07, 6.45) is 3.36. The molecule has 238 valence electrons. The van der Waals surface area contributed by atoms with Crippen molar-refractivity contribution in [2.45, 2.75) is 26.8 Å². The van der Waals surface area contributed by atoms with Crippen LogP contribution in [0.15, 0.2) is 68.5 Å². The van der Waals surface area contributed by atoms with Crippen LogP contribution < -0.4 is 33.8 Å². The average Bonchev–Trinajstić information content (AvgIpc) is 3.33. The van der Waals surface area contributed by atoms with Crippen LogP contribution in [0.5, 0.6) is 23.0 Å². The highest BCUT2D eigenvalue weighted by molar-refractivity contribution is 9.10. The number of rotatable bonds is 13. The maximum absolute atomic E-state index is 14.1. The van der Waals surface area contributed by atoms with Crippen LogP contribution >= 0.6 is 27.3 Å². The van der Waals surface area contributed by atoms with Gasteiger partial charge in [-0.25, -0.2) is 14.6 Å². The van der Waals surface area contributed by atoms with Gasteiger partial charge in [-0.15, -0.1) is 0 Å². The van der Waals surface area contributed by atoms with Gasteiger partial charge in [0, 0.05) is 4.47 Å². The van der Waals surface area contributed by atoms with E-state index in [1.807, 2.05) is 0 Å². The third-order valence-electron chi connectivity index (χ3n) is 6.60. The number of nitrogens with zero attached hydrogens (tertiary/aromatic N) is 2. The molecule has 0 saturated heterocycles. The van der Waals surface area contributed by atoms with E-state index < -0.39 is 18.0 Å². The lowest BCUT2D eigenvalue weighted by Gasteiger charge is -2.25. The number of carbonyl (C=O) groups is 2. The second kappa shape index (κ2) is 15.1. The second-order valence-corrected chi connectivity index (χ2v) is 11.3. The molecule has 4 rings (SSSR count). The highest BCUT2D eigenvalue weighted by atomic mass is 79.9. The van der Waals surface area contributed by atoms with Gasteiger partial charge in [0.25, 0.3) is 5.56 Å². The van der Waals surface area contributed by atoms with Gasteiger partial charge in [0.15, 0.2) is 34.4 Å². The van der Waals surface area contributed by atoms with Crippen molar-refractivity contribution in [3.05, 3.63) is 89.5 Å². The standard InChI is InChI=1S/C32H33BrN2O9S/c1-7-12-43-25-16-21(33)20(14-23(25)39-5)15-26-30(37)35-29(28(31(38)42-9-3)18(4)34-32(35)45-26)19-10-11-22(24(13-19)41-8-2)44-17-27(36)40-6/h7,10-11,13-16,29H,1,8-9,12,17H2,2-6H3/b26-15-/t29-/m0/s1. The molecule has 0 unspecified atom stereocenters. The molecule has 13 heteroatoms. The Morgan fingerprint density at radius 1 is 1.04 bits per heavy atom. The number of methoxy groups -OCH3 is 2. The predicted molar refractivity (Wildman–Crippen MR) is 172 cm³/mol. The van der Waals surface area contributed by atoms with E-state index in [1.54, 1.807) is 63.3 Å². The maximum Gasteiger partial charge on any atom is 0.343 e. The van der Waals surface area contributed by atoms with Crippen molar-refractivity contribution in [2.75, 3.05) is 40.6 Å². The molecule has 0 amide bonds. The van der Waals surface area contributed by atoms with Crippen molar-refractivity contribution < 1.29 is 38.0 Å². The quantitative estimate of drug-likeness (QED) is 0.192.